The second-order valence-electron chi connectivity index (χ2n) is 10.3. The van der Waals surface area contributed by atoms with Crippen LogP contribution in [0.4, 0.5) is 17.6 Å². The monoisotopic (exact) mass is 534 g/mol. The van der Waals surface area contributed by atoms with Crippen molar-refractivity contribution in [2.24, 2.45) is 11.1 Å². The first-order chi connectivity index (χ1) is 17.8. The van der Waals surface area contributed by atoms with Crippen LogP contribution in [-0.2, 0) is 22.3 Å². The van der Waals surface area contributed by atoms with E-state index < -0.39 is 41.4 Å². The number of hydrogen-bond donors (Lipinski definition) is 2. The van der Waals surface area contributed by atoms with Gasteiger partial charge in [0.05, 0.1) is 17.3 Å². The molecule has 0 spiro atoms. The molecular weight excluding hydrogens is 500 g/mol. The minimum absolute atomic E-state index is 0.205. The van der Waals surface area contributed by atoms with Gasteiger partial charge in [0, 0.05) is 38.4 Å². The molecule has 10 heteroatoms. The highest BCUT2D eigenvalue weighted by atomic mass is 19.4. The predicted octanol–water partition coefficient (Wildman–Crippen LogP) is 5.52. The van der Waals surface area contributed by atoms with E-state index in [1.807, 2.05) is 55.7 Å². The summed E-state index contributed by atoms with van der Waals surface area (Å²) < 4.78 is 61.2. The highest BCUT2D eigenvalue weighted by molar-refractivity contribution is 5.81. The summed E-state index contributed by atoms with van der Waals surface area (Å²) in [5, 5.41) is 2.95. The van der Waals surface area contributed by atoms with Gasteiger partial charge in [0.15, 0.2) is 0 Å². The molecule has 1 heterocycles. The highest BCUT2D eigenvalue weighted by Gasteiger charge is 2.35. The van der Waals surface area contributed by atoms with E-state index in [0.29, 0.717) is 23.6 Å². The molecule has 0 fully saturated rings. The van der Waals surface area contributed by atoms with Gasteiger partial charge in [-0.3, -0.25) is 4.79 Å². The number of ether oxygens (including phenoxy) is 1. The average molecular weight is 535 g/mol. The number of hydrogen-bond acceptors (Lipinski definition) is 4. The molecule has 2 aromatic carbocycles. The first kappa shape index (κ1) is 29.3. The summed E-state index contributed by atoms with van der Waals surface area (Å²) in [4.78, 5) is 17.9. The number of rotatable bonds is 10. The number of carbonyl (C=O) groups excluding carboxylic acids is 1. The zero-order valence-corrected chi connectivity index (χ0v) is 21.9. The Morgan fingerprint density at radius 1 is 1.11 bits per heavy atom. The van der Waals surface area contributed by atoms with Crippen molar-refractivity contribution in [3.8, 4) is 11.3 Å². The number of nitrogens with zero attached hydrogens (tertiary/aromatic N) is 2. The summed E-state index contributed by atoms with van der Waals surface area (Å²) in [6.07, 6.45) is -5.50. The molecule has 3 aromatic rings. The number of aromatic nitrogens is 2. The Morgan fingerprint density at radius 2 is 1.79 bits per heavy atom. The van der Waals surface area contributed by atoms with E-state index in [-0.39, 0.29) is 13.0 Å². The number of nitrogens with one attached hydrogen (secondary N) is 1. The van der Waals surface area contributed by atoms with E-state index in [2.05, 4.69) is 5.32 Å². The molecule has 1 amide bonds. The Balaban J connectivity index is 2.07. The molecule has 0 radical (unpaired) electrons. The van der Waals surface area contributed by atoms with Gasteiger partial charge in [0.2, 0.25) is 5.91 Å². The van der Waals surface area contributed by atoms with E-state index in [4.69, 9.17) is 15.5 Å². The second-order valence-corrected chi connectivity index (χ2v) is 10.3. The van der Waals surface area contributed by atoms with E-state index >= 15 is 0 Å². The van der Waals surface area contributed by atoms with Gasteiger partial charge >= 0.3 is 6.18 Å². The summed E-state index contributed by atoms with van der Waals surface area (Å²) in [5.41, 5.74) is 5.61. The maximum atomic E-state index is 14.0. The van der Waals surface area contributed by atoms with E-state index in [1.165, 1.54) is 13.2 Å². The molecule has 3 N–H and O–H groups in total. The third-order valence-corrected chi connectivity index (χ3v) is 6.20. The highest BCUT2D eigenvalue weighted by Crippen LogP contribution is 2.36. The van der Waals surface area contributed by atoms with Crippen molar-refractivity contribution in [1.29, 1.82) is 0 Å². The third kappa shape index (κ3) is 7.41. The Labute approximate surface area is 220 Å². The lowest BCUT2D eigenvalue weighted by Crippen LogP contribution is -2.45. The molecule has 206 valence electrons. The Morgan fingerprint density at radius 3 is 2.37 bits per heavy atom. The Hall–Kier alpha value is -3.24. The molecule has 0 saturated carbocycles. The van der Waals surface area contributed by atoms with Crippen molar-refractivity contribution in [2.75, 3.05) is 13.7 Å². The summed E-state index contributed by atoms with van der Waals surface area (Å²) in [6, 6.07) is 13.8. The smallest absolute Gasteiger partial charge is 0.372 e. The number of nitrogens with two attached hydrogens (primary N) is 1. The Kier molecular flexibility index (Phi) is 9.32. The lowest BCUT2D eigenvalue weighted by atomic mass is 9.85. The molecule has 6 nitrogen and oxygen atoms in total. The molecule has 3 atom stereocenters. The quantitative estimate of drug-likeness (QED) is 0.336. The van der Waals surface area contributed by atoms with Gasteiger partial charge in [-0.1, -0.05) is 63.2 Å². The summed E-state index contributed by atoms with van der Waals surface area (Å²) in [5.74, 6) is -0.0778. The lowest BCUT2D eigenvalue weighted by Gasteiger charge is -2.32. The minimum Gasteiger partial charge on any atom is -0.372 e. The van der Waals surface area contributed by atoms with E-state index in [9.17, 15) is 22.4 Å². The van der Waals surface area contributed by atoms with Gasteiger partial charge in [-0.25, -0.2) is 9.37 Å². The number of methoxy groups -OCH3 is 1. The van der Waals surface area contributed by atoms with Gasteiger partial charge in [-0.05, 0) is 23.1 Å². The van der Waals surface area contributed by atoms with Gasteiger partial charge in [-0.2, -0.15) is 13.2 Å². The standard InChI is InChI=1S/C28H34F4N4O2/c1-27(2,3)24(35-26(37)23(38-4)14-21(29)15-33)25-34-22(17-36(25)16-18-9-6-5-7-10-18)19-11-8-12-20(13-19)28(30,31)32/h5-13,17,21,23-24H,14-16,33H2,1-4H3,(H,35,37)/t21-,23?,24+/m1/s1. The van der Waals surface area contributed by atoms with Crippen molar-refractivity contribution in [1.82, 2.24) is 14.9 Å². The molecule has 0 bridgehead atoms. The Bertz CT molecular complexity index is 1210. The molecule has 0 saturated heterocycles. The number of alkyl halides is 4. The second kappa shape index (κ2) is 12.1. The average Bonchev–Trinajstić information content (AvgIpc) is 3.28. The zero-order valence-electron chi connectivity index (χ0n) is 21.9. The first-order valence-electron chi connectivity index (χ1n) is 12.3. The van der Waals surface area contributed by atoms with E-state index in [0.717, 1.165) is 17.7 Å². The van der Waals surface area contributed by atoms with Gasteiger partial charge < -0.3 is 20.4 Å². The van der Waals surface area contributed by atoms with Crippen molar-refractivity contribution in [3.05, 3.63) is 77.7 Å². The third-order valence-electron chi connectivity index (χ3n) is 6.20. The fraction of sp³-hybridized carbons (Fsp3) is 0.429. The molecule has 0 aliphatic rings. The van der Waals surface area contributed by atoms with Crippen LogP contribution in [0.1, 0.15) is 50.2 Å². The van der Waals surface area contributed by atoms with Crippen molar-refractivity contribution < 1.29 is 27.1 Å². The van der Waals surface area contributed by atoms with Crippen molar-refractivity contribution in [3.63, 3.8) is 0 Å². The summed E-state index contributed by atoms with van der Waals surface area (Å²) in [6.45, 7) is 5.85. The molecule has 0 aliphatic heterocycles. The summed E-state index contributed by atoms with van der Waals surface area (Å²) in [7, 11) is 1.32. The van der Waals surface area contributed by atoms with Crippen LogP contribution in [-0.4, -0.2) is 41.4 Å². The predicted molar refractivity (Wildman–Crippen MR) is 138 cm³/mol. The maximum Gasteiger partial charge on any atom is 0.416 e. The van der Waals surface area contributed by atoms with Crippen LogP contribution >= 0.6 is 0 Å². The molecule has 1 aromatic heterocycles. The molecule has 0 aliphatic carbocycles. The van der Waals surface area contributed by atoms with Gasteiger partial charge in [0.1, 0.15) is 18.1 Å². The van der Waals surface area contributed by atoms with Crippen LogP contribution in [0.15, 0.2) is 60.8 Å². The van der Waals surface area contributed by atoms with Crippen LogP contribution in [0, 0.1) is 5.41 Å². The molecule has 1 unspecified atom stereocenters. The maximum absolute atomic E-state index is 14.0. The number of carbonyl (C=O) groups is 1. The number of imidazole rings is 1. The number of amides is 1. The fourth-order valence-corrected chi connectivity index (χ4v) is 4.10. The van der Waals surface area contributed by atoms with Crippen LogP contribution in [0.3, 0.4) is 0 Å². The fourth-order valence-electron chi connectivity index (χ4n) is 4.10. The van der Waals surface area contributed by atoms with E-state index in [1.54, 1.807) is 12.3 Å². The normalized spacial score (nSPS) is 14.7. The SMILES string of the molecule is COC(C[C@@H](F)CN)C(=O)N[C@@H](c1nc(-c2cccc(C(F)(F)F)c2)cn1Cc1ccccc1)C(C)(C)C. The zero-order chi connectivity index (χ0) is 28.1. The van der Waals surface area contributed by atoms with Crippen LogP contribution in [0.2, 0.25) is 0 Å². The topological polar surface area (TPSA) is 82.2 Å². The van der Waals surface area contributed by atoms with Crippen molar-refractivity contribution in [2.45, 2.75) is 58.2 Å². The lowest BCUT2D eigenvalue weighted by molar-refractivity contribution is -0.137. The molecular formula is C28H34F4N4O2. The largest absolute Gasteiger partial charge is 0.416 e. The number of halogens is 4. The van der Waals surface area contributed by atoms with Crippen LogP contribution in [0.25, 0.3) is 11.3 Å². The summed E-state index contributed by atoms with van der Waals surface area (Å²) >= 11 is 0. The van der Waals surface area contributed by atoms with Crippen LogP contribution in [0.5, 0.6) is 0 Å². The molecule has 3 rings (SSSR count). The molecule has 38 heavy (non-hydrogen) atoms. The van der Waals surface area contributed by atoms with Crippen LogP contribution < -0.4 is 11.1 Å². The number of benzene rings is 2. The van der Waals surface area contributed by atoms with Crippen molar-refractivity contribution >= 4 is 5.91 Å². The first-order valence-corrected chi connectivity index (χ1v) is 12.3. The van der Waals surface area contributed by atoms with Gasteiger partial charge in [-0.15, -0.1) is 0 Å². The minimum atomic E-state index is -4.50. The van der Waals surface area contributed by atoms with Gasteiger partial charge in [0.25, 0.3) is 0 Å².